The Labute approximate surface area is 206 Å². The molecular formula is C28H32N4O3. The standard InChI is InChI=1S/C28H32N4O3/c1-4-35-26-12-8-7-11-24(26)31-28(34)30-22-13-14-25(23(17-22)27(33)29-19(2)3)32-16-15-20-9-5-6-10-21(20)18-32/h5-14,17,19H,4,15-16,18H2,1-3H3,(H,29,33)(H2,30,31,34). The van der Waals surface area contributed by atoms with Gasteiger partial charge in [0.1, 0.15) is 5.75 Å². The minimum atomic E-state index is -0.410. The number of hydrogen-bond acceptors (Lipinski definition) is 4. The van der Waals surface area contributed by atoms with Crippen LogP contribution in [0.1, 0.15) is 42.3 Å². The monoisotopic (exact) mass is 472 g/mol. The van der Waals surface area contributed by atoms with Gasteiger partial charge in [-0.05, 0) is 68.7 Å². The summed E-state index contributed by atoms with van der Waals surface area (Å²) in [6.45, 7) is 7.81. The van der Waals surface area contributed by atoms with E-state index in [-0.39, 0.29) is 11.9 Å². The van der Waals surface area contributed by atoms with Gasteiger partial charge in [0.25, 0.3) is 5.91 Å². The minimum absolute atomic E-state index is 0.00702. The van der Waals surface area contributed by atoms with Crippen molar-refractivity contribution in [1.29, 1.82) is 0 Å². The summed E-state index contributed by atoms with van der Waals surface area (Å²) < 4.78 is 5.58. The van der Waals surface area contributed by atoms with Crippen molar-refractivity contribution in [2.75, 3.05) is 28.7 Å². The molecule has 0 unspecified atom stereocenters. The molecule has 7 heteroatoms. The Hall–Kier alpha value is -4.00. The Bertz CT molecular complexity index is 1210. The van der Waals surface area contributed by atoms with Gasteiger partial charge in [-0.25, -0.2) is 4.79 Å². The number of fused-ring (bicyclic) bond motifs is 1. The second kappa shape index (κ2) is 11.0. The van der Waals surface area contributed by atoms with Gasteiger partial charge in [0.15, 0.2) is 0 Å². The molecule has 0 saturated heterocycles. The number of rotatable bonds is 7. The van der Waals surface area contributed by atoms with Crippen molar-refractivity contribution in [2.45, 2.75) is 39.8 Å². The van der Waals surface area contributed by atoms with Crippen LogP contribution in [0, 0.1) is 0 Å². The van der Waals surface area contributed by atoms with E-state index in [1.165, 1.54) is 11.1 Å². The van der Waals surface area contributed by atoms with Gasteiger partial charge in [0, 0.05) is 30.5 Å². The maximum Gasteiger partial charge on any atom is 0.323 e. The summed E-state index contributed by atoms with van der Waals surface area (Å²) >= 11 is 0. The number of ether oxygens (including phenoxy) is 1. The number of carbonyl (C=O) groups is 2. The molecule has 7 nitrogen and oxygen atoms in total. The van der Waals surface area contributed by atoms with Crippen molar-refractivity contribution < 1.29 is 14.3 Å². The molecule has 0 atom stereocenters. The number of para-hydroxylation sites is 2. The molecule has 0 fully saturated rings. The van der Waals surface area contributed by atoms with Gasteiger partial charge >= 0.3 is 6.03 Å². The van der Waals surface area contributed by atoms with Crippen LogP contribution in [0.2, 0.25) is 0 Å². The first-order valence-corrected chi connectivity index (χ1v) is 12.0. The molecule has 35 heavy (non-hydrogen) atoms. The molecule has 0 aromatic heterocycles. The lowest BCUT2D eigenvalue weighted by Crippen LogP contribution is -2.35. The Morgan fingerprint density at radius 3 is 2.49 bits per heavy atom. The van der Waals surface area contributed by atoms with E-state index in [0.717, 1.165) is 25.2 Å². The number of urea groups is 1. The van der Waals surface area contributed by atoms with Crippen molar-refractivity contribution in [3.63, 3.8) is 0 Å². The van der Waals surface area contributed by atoms with Gasteiger partial charge in [-0.1, -0.05) is 36.4 Å². The van der Waals surface area contributed by atoms with Gasteiger partial charge in [-0.3, -0.25) is 4.79 Å². The van der Waals surface area contributed by atoms with Crippen LogP contribution >= 0.6 is 0 Å². The average Bonchev–Trinajstić information content (AvgIpc) is 2.84. The molecule has 3 amide bonds. The third kappa shape index (κ3) is 5.93. The summed E-state index contributed by atoms with van der Waals surface area (Å²) in [5.74, 6) is 0.433. The Morgan fingerprint density at radius 2 is 1.71 bits per heavy atom. The molecule has 1 aliphatic heterocycles. The zero-order valence-corrected chi connectivity index (χ0v) is 20.4. The summed E-state index contributed by atoms with van der Waals surface area (Å²) in [6.07, 6.45) is 0.920. The number of amides is 3. The van der Waals surface area contributed by atoms with Crippen LogP contribution in [0.25, 0.3) is 0 Å². The van der Waals surface area contributed by atoms with Crippen LogP contribution in [-0.4, -0.2) is 31.1 Å². The van der Waals surface area contributed by atoms with Gasteiger partial charge in [-0.15, -0.1) is 0 Å². The topological polar surface area (TPSA) is 82.7 Å². The lowest BCUT2D eigenvalue weighted by Gasteiger charge is -2.32. The number of anilines is 3. The van der Waals surface area contributed by atoms with E-state index in [1.807, 2.05) is 51.1 Å². The number of benzene rings is 3. The van der Waals surface area contributed by atoms with Gasteiger partial charge < -0.3 is 25.6 Å². The molecule has 0 spiro atoms. The maximum atomic E-state index is 13.1. The third-order valence-electron chi connectivity index (χ3n) is 5.83. The Morgan fingerprint density at radius 1 is 0.971 bits per heavy atom. The molecule has 1 heterocycles. The van der Waals surface area contributed by atoms with Crippen LogP contribution in [0.3, 0.4) is 0 Å². The van der Waals surface area contributed by atoms with Crippen LogP contribution < -0.4 is 25.6 Å². The summed E-state index contributed by atoms with van der Waals surface area (Å²) in [5, 5.41) is 8.67. The van der Waals surface area contributed by atoms with Gasteiger partial charge in [-0.2, -0.15) is 0 Å². The summed E-state index contributed by atoms with van der Waals surface area (Å²) in [6, 6.07) is 20.7. The molecule has 0 aliphatic carbocycles. The predicted molar refractivity (Wildman–Crippen MR) is 140 cm³/mol. The second-order valence-corrected chi connectivity index (χ2v) is 8.81. The van der Waals surface area contributed by atoms with Crippen LogP contribution in [0.4, 0.5) is 21.9 Å². The van der Waals surface area contributed by atoms with E-state index in [2.05, 4.69) is 39.0 Å². The molecule has 3 aromatic rings. The van der Waals surface area contributed by atoms with Crippen LogP contribution in [-0.2, 0) is 13.0 Å². The summed E-state index contributed by atoms with van der Waals surface area (Å²) in [4.78, 5) is 28.1. The maximum absolute atomic E-state index is 13.1. The van der Waals surface area contributed by atoms with E-state index in [9.17, 15) is 9.59 Å². The van der Waals surface area contributed by atoms with Crippen LogP contribution in [0.15, 0.2) is 66.7 Å². The van der Waals surface area contributed by atoms with Crippen molar-refractivity contribution in [3.05, 3.63) is 83.4 Å². The van der Waals surface area contributed by atoms with E-state index in [1.54, 1.807) is 18.2 Å². The molecular weight excluding hydrogens is 440 g/mol. The van der Waals surface area contributed by atoms with Crippen molar-refractivity contribution in [3.8, 4) is 5.75 Å². The quantitative estimate of drug-likeness (QED) is 0.428. The average molecular weight is 473 g/mol. The normalized spacial score (nSPS) is 12.6. The number of hydrogen-bond donors (Lipinski definition) is 3. The highest BCUT2D eigenvalue weighted by Crippen LogP contribution is 2.30. The van der Waals surface area contributed by atoms with Gasteiger partial charge in [0.05, 0.1) is 17.9 Å². The Balaban J connectivity index is 1.56. The fourth-order valence-corrected chi connectivity index (χ4v) is 4.25. The largest absolute Gasteiger partial charge is 0.492 e. The molecule has 3 N–H and O–H groups in total. The zero-order chi connectivity index (χ0) is 24.8. The first kappa shape index (κ1) is 24.1. The third-order valence-corrected chi connectivity index (χ3v) is 5.83. The SMILES string of the molecule is CCOc1ccccc1NC(=O)Nc1ccc(N2CCc3ccccc3C2)c(C(=O)NC(C)C)c1. The van der Waals surface area contributed by atoms with E-state index < -0.39 is 6.03 Å². The molecule has 0 bridgehead atoms. The highest BCUT2D eigenvalue weighted by Gasteiger charge is 2.22. The van der Waals surface area contributed by atoms with Crippen molar-refractivity contribution >= 4 is 29.0 Å². The fraction of sp³-hybridized carbons (Fsp3) is 0.286. The minimum Gasteiger partial charge on any atom is -0.492 e. The first-order chi connectivity index (χ1) is 16.9. The number of nitrogens with zero attached hydrogens (tertiary/aromatic N) is 1. The number of nitrogens with one attached hydrogen (secondary N) is 3. The van der Waals surface area contributed by atoms with Crippen LogP contribution in [0.5, 0.6) is 5.75 Å². The molecule has 0 saturated carbocycles. The van der Waals surface area contributed by atoms with E-state index in [0.29, 0.717) is 29.3 Å². The smallest absolute Gasteiger partial charge is 0.323 e. The summed E-state index contributed by atoms with van der Waals surface area (Å²) in [7, 11) is 0. The van der Waals surface area contributed by atoms with E-state index in [4.69, 9.17) is 4.74 Å². The molecule has 4 rings (SSSR count). The van der Waals surface area contributed by atoms with Gasteiger partial charge in [0.2, 0.25) is 0 Å². The molecule has 182 valence electrons. The molecule has 1 aliphatic rings. The molecule has 0 radical (unpaired) electrons. The van der Waals surface area contributed by atoms with Crippen molar-refractivity contribution in [2.24, 2.45) is 0 Å². The zero-order valence-electron chi connectivity index (χ0n) is 20.4. The highest BCUT2D eigenvalue weighted by atomic mass is 16.5. The lowest BCUT2D eigenvalue weighted by atomic mass is 9.98. The highest BCUT2D eigenvalue weighted by molar-refractivity contribution is 6.04. The second-order valence-electron chi connectivity index (χ2n) is 8.81. The Kier molecular flexibility index (Phi) is 7.55. The summed E-state index contributed by atoms with van der Waals surface area (Å²) in [5.41, 5.74) is 5.11. The predicted octanol–water partition coefficient (Wildman–Crippen LogP) is 5.43. The number of carbonyl (C=O) groups excluding carboxylic acids is 2. The molecule has 3 aromatic carbocycles. The van der Waals surface area contributed by atoms with E-state index >= 15 is 0 Å². The first-order valence-electron chi connectivity index (χ1n) is 12.0. The lowest BCUT2D eigenvalue weighted by molar-refractivity contribution is 0.0943. The fourth-order valence-electron chi connectivity index (χ4n) is 4.25. The van der Waals surface area contributed by atoms with Crippen molar-refractivity contribution in [1.82, 2.24) is 5.32 Å².